The second kappa shape index (κ2) is 4.46. The normalized spacial score (nSPS) is 14.8. The molecular formula is C14H9ClF2N4. The fraction of sp³-hybridized carbons (Fsp3) is 0.214. The molecule has 0 bridgehead atoms. The van der Waals surface area contributed by atoms with Crippen LogP contribution in [0.5, 0.6) is 0 Å². The average Bonchev–Trinajstić information content (AvgIpc) is 3.23. The Morgan fingerprint density at radius 2 is 1.95 bits per heavy atom. The molecule has 0 saturated heterocycles. The van der Waals surface area contributed by atoms with Gasteiger partial charge >= 0.3 is 0 Å². The monoisotopic (exact) mass is 306 g/mol. The van der Waals surface area contributed by atoms with E-state index in [0.717, 1.165) is 18.9 Å². The minimum absolute atomic E-state index is 0.228. The van der Waals surface area contributed by atoms with Crippen LogP contribution in [0.4, 0.5) is 8.78 Å². The first-order chi connectivity index (χ1) is 10.1. The maximum atomic E-state index is 13.5. The van der Waals surface area contributed by atoms with Crippen molar-refractivity contribution in [2.75, 3.05) is 0 Å². The first-order valence-electron chi connectivity index (χ1n) is 6.48. The zero-order valence-electron chi connectivity index (χ0n) is 10.7. The van der Waals surface area contributed by atoms with Crippen LogP contribution in [0.3, 0.4) is 0 Å². The van der Waals surface area contributed by atoms with Crippen LogP contribution in [0.15, 0.2) is 24.7 Å². The van der Waals surface area contributed by atoms with Crippen molar-refractivity contribution in [1.29, 1.82) is 0 Å². The van der Waals surface area contributed by atoms with Crippen LogP contribution in [0.2, 0.25) is 5.15 Å². The lowest BCUT2D eigenvalue weighted by Crippen LogP contribution is -1.99. The Bertz CT molecular complexity index is 858. The Morgan fingerprint density at radius 1 is 1.19 bits per heavy atom. The average molecular weight is 307 g/mol. The molecule has 0 aliphatic heterocycles. The fourth-order valence-corrected chi connectivity index (χ4v) is 2.62. The molecule has 0 amide bonds. The molecule has 3 aromatic rings. The van der Waals surface area contributed by atoms with Gasteiger partial charge in [-0.05, 0) is 12.8 Å². The number of imidazole rings is 1. The fourth-order valence-electron chi connectivity index (χ4n) is 2.45. The van der Waals surface area contributed by atoms with E-state index >= 15 is 0 Å². The molecule has 4 nitrogen and oxygen atoms in total. The number of aromatic nitrogens is 4. The number of benzene rings is 1. The molecule has 1 saturated carbocycles. The van der Waals surface area contributed by atoms with E-state index in [2.05, 4.69) is 15.0 Å². The Labute approximate surface area is 123 Å². The van der Waals surface area contributed by atoms with Crippen LogP contribution in [-0.4, -0.2) is 19.5 Å². The minimum Gasteiger partial charge on any atom is -0.321 e. The van der Waals surface area contributed by atoms with Crippen molar-refractivity contribution < 1.29 is 8.78 Å². The third-order valence-corrected chi connectivity index (χ3v) is 3.85. The van der Waals surface area contributed by atoms with Crippen molar-refractivity contribution >= 4 is 22.6 Å². The summed E-state index contributed by atoms with van der Waals surface area (Å²) in [5.74, 6) is -1.25. The maximum absolute atomic E-state index is 13.5. The van der Waals surface area contributed by atoms with E-state index in [4.69, 9.17) is 11.6 Å². The predicted molar refractivity (Wildman–Crippen MR) is 74.0 cm³/mol. The van der Waals surface area contributed by atoms with Gasteiger partial charge in [-0.3, -0.25) is 0 Å². The van der Waals surface area contributed by atoms with Gasteiger partial charge in [0.05, 0.1) is 16.6 Å². The highest BCUT2D eigenvalue weighted by molar-refractivity contribution is 6.31. The molecule has 0 N–H and O–H groups in total. The Kier molecular flexibility index (Phi) is 2.68. The third kappa shape index (κ3) is 1.98. The molecule has 4 rings (SSSR count). The van der Waals surface area contributed by atoms with E-state index in [1.807, 2.05) is 4.57 Å². The van der Waals surface area contributed by atoms with Gasteiger partial charge in [-0.1, -0.05) is 11.6 Å². The van der Waals surface area contributed by atoms with Crippen molar-refractivity contribution in [3.63, 3.8) is 0 Å². The lowest BCUT2D eigenvalue weighted by Gasteiger charge is -2.08. The Balaban J connectivity index is 2.05. The van der Waals surface area contributed by atoms with Gasteiger partial charge in [0.2, 0.25) is 0 Å². The van der Waals surface area contributed by atoms with Crippen LogP contribution in [0, 0.1) is 11.6 Å². The first kappa shape index (κ1) is 12.6. The van der Waals surface area contributed by atoms with Crippen LogP contribution < -0.4 is 0 Å². The molecule has 1 aliphatic carbocycles. The summed E-state index contributed by atoms with van der Waals surface area (Å²) in [6, 6.07) is 2.51. The highest BCUT2D eigenvalue weighted by atomic mass is 35.5. The Morgan fingerprint density at radius 3 is 2.67 bits per heavy atom. The molecule has 1 aromatic carbocycles. The van der Waals surface area contributed by atoms with Gasteiger partial charge in [0.25, 0.3) is 0 Å². The topological polar surface area (TPSA) is 43.6 Å². The first-order valence-corrected chi connectivity index (χ1v) is 6.86. The molecule has 2 aromatic heterocycles. The number of fused-ring (bicyclic) bond motifs is 1. The van der Waals surface area contributed by atoms with E-state index in [1.54, 1.807) is 6.20 Å². The molecule has 1 fully saturated rings. The second-order valence-electron chi connectivity index (χ2n) is 5.02. The minimum atomic E-state index is -0.912. The van der Waals surface area contributed by atoms with Crippen molar-refractivity contribution in [2.45, 2.75) is 18.9 Å². The van der Waals surface area contributed by atoms with Gasteiger partial charge in [-0.2, -0.15) is 0 Å². The predicted octanol–water partition coefficient (Wildman–Crippen LogP) is 3.76. The number of rotatable bonds is 2. The maximum Gasteiger partial charge on any atom is 0.161 e. The van der Waals surface area contributed by atoms with Gasteiger partial charge in [0, 0.05) is 24.4 Å². The van der Waals surface area contributed by atoms with Gasteiger partial charge in [0.15, 0.2) is 11.6 Å². The van der Waals surface area contributed by atoms with Crippen LogP contribution in [-0.2, 0) is 0 Å². The van der Waals surface area contributed by atoms with E-state index in [1.165, 1.54) is 12.4 Å². The SMILES string of the molecule is Fc1cc2nc(-c3cncnc3Cl)n(C3CC3)c2cc1F. The number of halogens is 3. The molecule has 0 radical (unpaired) electrons. The van der Waals surface area contributed by atoms with Gasteiger partial charge in [-0.15, -0.1) is 0 Å². The van der Waals surface area contributed by atoms with Crippen molar-refractivity contribution in [2.24, 2.45) is 0 Å². The number of hydrogen-bond acceptors (Lipinski definition) is 3. The number of hydrogen-bond donors (Lipinski definition) is 0. The van der Waals surface area contributed by atoms with E-state index in [0.29, 0.717) is 22.4 Å². The molecule has 1 aliphatic rings. The van der Waals surface area contributed by atoms with Crippen LogP contribution in [0.1, 0.15) is 18.9 Å². The van der Waals surface area contributed by atoms with Gasteiger partial charge < -0.3 is 4.57 Å². The molecule has 2 heterocycles. The van der Waals surface area contributed by atoms with Crippen LogP contribution in [0.25, 0.3) is 22.4 Å². The lowest BCUT2D eigenvalue weighted by atomic mass is 10.3. The summed E-state index contributed by atoms with van der Waals surface area (Å²) < 4.78 is 28.8. The molecular weight excluding hydrogens is 298 g/mol. The zero-order chi connectivity index (χ0) is 14.6. The molecule has 0 spiro atoms. The highest BCUT2D eigenvalue weighted by Gasteiger charge is 2.30. The Hall–Kier alpha value is -2.08. The van der Waals surface area contributed by atoms with Gasteiger partial charge in [-0.25, -0.2) is 23.7 Å². The molecule has 21 heavy (non-hydrogen) atoms. The van der Waals surface area contributed by atoms with Crippen LogP contribution >= 0.6 is 11.6 Å². The molecule has 106 valence electrons. The quantitative estimate of drug-likeness (QED) is 0.677. The summed E-state index contributed by atoms with van der Waals surface area (Å²) in [4.78, 5) is 12.3. The standard InChI is InChI=1S/C14H9ClF2N4/c15-13-8(5-18-6-19-13)14-20-11-3-9(16)10(17)4-12(11)21(14)7-1-2-7/h3-7H,1-2H2. The summed E-state index contributed by atoms with van der Waals surface area (Å²) >= 11 is 6.09. The van der Waals surface area contributed by atoms with E-state index in [-0.39, 0.29) is 11.2 Å². The molecule has 0 atom stereocenters. The van der Waals surface area contributed by atoms with Crippen molar-refractivity contribution in [3.05, 3.63) is 41.4 Å². The third-order valence-electron chi connectivity index (χ3n) is 3.55. The van der Waals surface area contributed by atoms with Gasteiger partial charge in [0.1, 0.15) is 17.3 Å². The van der Waals surface area contributed by atoms with Crippen molar-refractivity contribution in [3.8, 4) is 11.4 Å². The summed E-state index contributed by atoms with van der Waals surface area (Å²) in [5, 5.41) is 0.267. The largest absolute Gasteiger partial charge is 0.321 e. The lowest BCUT2D eigenvalue weighted by molar-refractivity contribution is 0.510. The van der Waals surface area contributed by atoms with E-state index in [9.17, 15) is 8.78 Å². The summed E-state index contributed by atoms with van der Waals surface area (Å²) in [5.41, 5.74) is 1.52. The summed E-state index contributed by atoms with van der Waals surface area (Å²) in [6.07, 6.45) is 4.85. The molecule has 7 heteroatoms. The van der Waals surface area contributed by atoms with E-state index < -0.39 is 11.6 Å². The molecule has 0 unspecified atom stereocenters. The highest BCUT2D eigenvalue weighted by Crippen LogP contribution is 2.42. The smallest absolute Gasteiger partial charge is 0.161 e. The van der Waals surface area contributed by atoms with Crippen molar-refractivity contribution in [1.82, 2.24) is 19.5 Å². The summed E-state index contributed by atoms with van der Waals surface area (Å²) in [7, 11) is 0. The second-order valence-corrected chi connectivity index (χ2v) is 5.38. The number of nitrogens with zero attached hydrogens (tertiary/aromatic N) is 4. The summed E-state index contributed by atoms with van der Waals surface area (Å²) in [6.45, 7) is 0. The zero-order valence-corrected chi connectivity index (χ0v) is 11.5.